The van der Waals surface area contributed by atoms with E-state index in [1.54, 1.807) is 7.05 Å². The van der Waals surface area contributed by atoms with Crippen LogP contribution < -0.4 is 5.32 Å². The van der Waals surface area contributed by atoms with Crippen LogP contribution in [0, 0.1) is 0 Å². The Morgan fingerprint density at radius 1 is 1.11 bits per heavy atom. The van der Waals surface area contributed by atoms with Gasteiger partial charge in [-0.2, -0.15) is 0 Å². The monoisotopic (exact) mass is 265 g/mol. The van der Waals surface area contributed by atoms with E-state index >= 15 is 0 Å². The molecule has 0 bridgehead atoms. The molecule has 9 heteroatoms. The van der Waals surface area contributed by atoms with Gasteiger partial charge in [0.1, 0.15) is 0 Å². The van der Waals surface area contributed by atoms with Crippen LogP contribution in [-0.4, -0.2) is 83.6 Å². The van der Waals surface area contributed by atoms with Gasteiger partial charge in [0.05, 0.1) is 0 Å². The Hall–Kier alpha value is -1.87. The lowest BCUT2D eigenvalue weighted by atomic mass is 10.2. The van der Waals surface area contributed by atoms with E-state index in [2.05, 4.69) is 10.3 Å². The second-order valence-corrected chi connectivity index (χ2v) is 3.26. The Labute approximate surface area is 104 Å². The molecule has 0 radical (unpaired) electrons. The lowest BCUT2D eigenvalue weighted by Gasteiger charge is -2.12. The highest BCUT2D eigenvalue weighted by molar-refractivity contribution is 5.83. The largest absolute Gasteiger partial charge is 0.479 e. The number of carboxylic acid groups (broad SMARTS) is 2. The van der Waals surface area contributed by atoms with Crippen LogP contribution >= 0.6 is 0 Å². The van der Waals surface area contributed by atoms with Crippen molar-refractivity contribution in [1.82, 2.24) is 10.2 Å². The molecule has 0 aliphatic carbocycles. The van der Waals surface area contributed by atoms with Gasteiger partial charge in [-0.3, -0.25) is 4.99 Å². The van der Waals surface area contributed by atoms with Crippen LogP contribution in [0.4, 0.5) is 0 Å². The van der Waals surface area contributed by atoms with E-state index in [9.17, 15) is 9.59 Å². The molecule has 0 heterocycles. The molecule has 0 saturated carbocycles. The molecule has 0 spiro atoms. The lowest BCUT2D eigenvalue weighted by molar-refractivity contribution is -0.165. The number of rotatable bonds is 3. The van der Waals surface area contributed by atoms with Gasteiger partial charge in [-0.25, -0.2) is 9.59 Å². The third-order valence-corrected chi connectivity index (χ3v) is 1.66. The Bertz CT molecular complexity index is 287. The molecule has 18 heavy (non-hydrogen) atoms. The summed E-state index contributed by atoms with van der Waals surface area (Å²) in [5, 5.41) is 35.5. The first-order valence-corrected chi connectivity index (χ1v) is 4.82. The first kappa shape index (κ1) is 18.5. The molecule has 0 aromatic carbocycles. The zero-order valence-corrected chi connectivity index (χ0v) is 10.7. The molecule has 0 aromatic heterocycles. The third kappa shape index (κ3) is 7.41. The van der Waals surface area contributed by atoms with E-state index in [0.717, 1.165) is 5.96 Å². The van der Waals surface area contributed by atoms with Crippen LogP contribution in [0.3, 0.4) is 0 Å². The summed E-state index contributed by atoms with van der Waals surface area (Å²) in [5.41, 5.74) is 0. The molecule has 0 aromatic rings. The fraction of sp³-hybridized carbons (Fsp3) is 0.667. The van der Waals surface area contributed by atoms with Crippen molar-refractivity contribution in [2.24, 2.45) is 4.99 Å². The van der Waals surface area contributed by atoms with E-state index < -0.39 is 24.1 Å². The maximum absolute atomic E-state index is 9.77. The number of carbonyl (C=O) groups is 2. The molecule has 0 amide bonds. The topological polar surface area (TPSA) is 143 Å². The second-order valence-electron chi connectivity index (χ2n) is 3.26. The molecule has 2 unspecified atom stereocenters. The fourth-order valence-electron chi connectivity index (χ4n) is 0.806. The summed E-state index contributed by atoms with van der Waals surface area (Å²) in [6, 6.07) is 0. The van der Waals surface area contributed by atoms with Crippen molar-refractivity contribution >= 4 is 17.9 Å². The number of nitrogens with zero attached hydrogens (tertiary/aromatic N) is 2. The van der Waals surface area contributed by atoms with E-state index in [4.69, 9.17) is 20.4 Å². The predicted molar refractivity (Wildman–Crippen MR) is 63.4 cm³/mol. The number of aliphatic hydroxyl groups excluding tert-OH is 2. The Balaban J connectivity index is 0. The molecule has 106 valence electrons. The van der Waals surface area contributed by atoms with Crippen LogP contribution in [-0.2, 0) is 9.59 Å². The summed E-state index contributed by atoms with van der Waals surface area (Å²) >= 11 is 0. The number of aliphatic imine (C=N–C) groups is 1. The molecule has 2 atom stereocenters. The van der Waals surface area contributed by atoms with Gasteiger partial charge in [0.15, 0.2) is 18.2 Å². The average molecular weight is 265 g/mol. The zero-order valence-electron chi connectivity index (χ0n) is 10.7. The molecule has 5 N–H and O–H groups in total. The number of carboxylic acids is 2. The molecule has 9 nitrogen and oxygen atoms in total. The van der Waals surface area contributed by atoms with Gasteiger partial charge >= 0.3 is 11.9 Å². The number of aliphatic hydroxyl groups is 2. The van der Waals surface area contributed by atoms with Crippen LogP contribution in [0.25, 0.3) is 0 Å². The van der Waals surface area contributed by atoms with E-state index in [0.29, 0.717) is 0 Å². The number of hydrogen-bond acceptors (Lipinski definition) is 5. The van der Waals surface area contributed by atoms with Crippen molar-refractivity contribution in [2.75, 3.05) is 28.2 Å². The summed E-state index contributed by atoms with van der Waals surface area (Å²) < 4.78 is 0. The lowest BCUT2D eigenvalue weighted by Crippen LogP contribution is -2.39. The average Bonchev–Trinajstić information content (AvgIpc) is 2.28. The summed E-state index contributed by atoms with van der Waals surface area (Å²) in [5.74, 6) is -2.64. The fourth-order valence-corrected chi connectivity index (χ4v) is 0.806. The summed E-state index contributed by atoms with van der Waals surface area (Å²) in [7, 11) is 7.49. The second kappa shape index (κ2) is 9.19. The van der Waals surface area contributed by atoms with Gasteiger partial charge in [-0.15, -0.1) is 0 Å². The number of guanidine groups is 1. The summed E-state index contributed by atoms with van der Waals surface area (Å²) in [6.07, 6.45) is -4.53. The van der Waals surface area contributed by atoms with Crippen LogP contribution in [0.15, 0.2) is 4.99 Å². The maximum atomic E-state index is 9.77. The maximum Gasteiger partial charge on any atom is 0.335 e. The van der Waals surface area contributed by atoms with Gasteiger partial charge in [0.25, 0.3) is 0 Å². The van der Waals surface area contributed by atoms with E-state index in [1.807, 2.05) is 26.0 Å². The zero-order chi connectivity index (χ0) is 14.9. The molecule has 0 fully saturated rings. The van der Waals surface area contributed by atoms with Gasteiger partial charge in [0, 0.05) is 28.2 Å². The van der Waals surface area contributed by atoms with Crippen molar-refractivity contribution in [3.05, 3.63) is 0 Å². The first-order chi connectivity index (χ1) is 8.18. The Morgan fingerprint density at radius 2 is 1.44 bits per heavy atom. The van der Waals surface area contributed by atoms with Crippen molar-refractivity contribution < 1.29 is 30.0 Å². The van der Waals surface area contributed by atoms with Crippen molar-refractivity contribution in [2.45, 2.75) is 12.2 Å². The normalized spacial score (nSPS) is 13.8. The summed E-state index contributed by atoms with van der Waals surface area (Å²) in [6.45, 7) is 0. The van der Waals surface area contributed by atoms with Gasteiger partial charge < -0.3 is 30.6 Å². The van der Waals surface area contributed by atoms with E-state index in [-0.39, 0.29) is 0 Å². The predicted octanol–water partition coefficient (Wildman–Crippen LogP) is -2.37. The van der Waals surface area contributed by atoms with Gasteiger partial charge in [-0.1, -0.05) is 0 Å². The van der Waals surface area contributed by atoms with Crippen molar-refractivity contribution in [3.8, 4) is 0 Å². The quantitative estimate of drug-likeness (QED) is 0.281. The van der Waals surface area contributed by atoms with Gasteiger partial charge in [0.2, 0.25) is 0 Å². The molecular weight excluding hydrogens is 246 g/mol. The first-order valence-electron chi connectivity index (χ1n) is 4.82. The summed E-state index contributed by atoms with van der Waals surface area (Å²) in [4.78, 5) is 25.4. The minimum Gasteiger partial charge on any atom is -0.479 e. The Kier molecular flexibility index (Phi) is 9.44. The molecule has 0 saturated heterocycles. The standard InChI is InChI=1S/C5H13N3.C4H6O6/c1-6-5(7-2)8(3)4;5-1(3(7)8)2(6)4(9)10/h1-4H3,(H,6,7);1-2,5-6H,(H,7,8)(H,9,10). The highest BCUT2D eigenvalue weighted by Gasteiger charge is 2.29. The minimum atomic E-state index is -2.27. The Morgan fingerprint density at radius 3 is 1.50 bits per heavy atom. The van der Waals surface area contributed by atoms with Crippen molar-refractivity contribution in [3.63, 3.8) is 0 Å². The third-order valence-electron chi connectivity index (χ3n) is 1.66. The number of hydrogen-bond donors (Lipinski definition) is 5. The van der Waals surface area contributed by atoms with Crippen LogP contribution in [0.2, 0.25) is 0 Å². The highest BCUT2D eigenvalue weighted by Crippen LogP contribution is 1.92. The molecule has 0 aliphatic heterocycles. The minimum absolute atomic E-state index is 0.894. The smallest absolute Gasteiger partial charge is 0.335 e. The molecule has 0 rings (SSSR count). The van der Waals surface area contributed by atoms with Crippen LogP contribution in [0.5, 0.6) is 0 Å². The van der Waals surface area contributed by atoms with Crippen LogP contribution in [0.1, 0.15) is 0 Å². The van der Waals surface area contributed by atoms with Crippen molar-refractivity contribution in [1.29, 1.82) is 0 Å². The molecular formula is C9H19N3O6. The number of aliphatic carboxylic acids is 2. The van der Waals surface area contributed by atoms with E-state index in [1.165, 1.54) is 0 Å². The SMILES string of the molecule is CN=C(NC)N(C)C.O=C(O)C(O)C(O)C(=O)O. The van der Waals surface area contributed by atoms with Gasteiger partial charge in [-0.05, 0) is 0 Å². The molecule has 0 aliphatic rings. The number of nitrogens with one attached hydrogen (secondary N) is 1. The highest BCUT2D eigenvalue weighted by atomic mass is 16.4.